The number of rotatable bonds is 7. The Bertz CT molecular complexity index is 1250. The maximum Gasteiger partial charge on any atom is 0.106 e. The van der Waals surface area contributed by atoms with Crippen LogP contribution in [0.3, 0.4) is 0 Å². The summed E-state index contributed by atoms with van der Waals surface area (Å²) in [6.07, 6.45) is 2.14. The fourth-order valence-corrected chi connectivity index (χ4v) is 13.3. The average Bonchev–Trinajstić information content (AvgIpc) is 3.28. The molecule has 36 heavy (non-hydrogen) atoms. The molecule has 0 saturated heterocycles. The predicted molar refractivity (Wildman–Crippen MR) is 166 cm³/mol. The molecule has 0 saturated carbocycles. The topological polar surface area (TPSA) is 24.1 Å². The van der Waals surface area contributed by atoms with Crippen molar-refractivity contribution in [1.29, 1.82) is 0 Å². The molecule has 2 N–H and O–H groups in total. The lowest BCUT2D eigenvalue weighted by molar-refractivity contribution is 0.515. The fourth-order valence-electron chi connectivity index (χ4n) is 6.38. The molecule has 0 radical (unpaired) electrons. The SMILES string of the molecule is CC(C)(C)N[Si](C)(C)c1cc(CCc2cc([Si](C)(C)NC(C)(C)C)c3cccc[c-]23)[c-]2ccccc12. The van der Waals surface area contributed by atoms with Gasteiger partial charge in [-0.2, -0.15) is 0 Å². The van der Waals surface area contributed by atoms with Crippen molar-refractivity contribution >= 4 is 48.4 Å². The maximum absolute atomic E-state index is 3.99. The third kappa shape index (κ3) is 5.78. The first-order valence-corrected chi connectivity index (χ1v) is 19.5. The highest BCUT2D eigenvalue weighted by Gasteiger charge is 2.29. The van der Waals surface area contributed by atoms with E-state index in [9.17, 15) is 0 Å². The van der Waals surface area contributed by atoms with Gasteiger partial charge in [0.2, 0.25) is 0 Å². The van der Waals surface area contributed by atoms with Crippen LogP contribution in [0, 0.1) is 0 Å². The van der Waals surface area contributed by atoms with Crippen molar-refractivity contribution in [3.05, 3.63) is 71.8 Å². The summed E-state index contributed by atoms with van der Waals surface area (Å²) in [5.41, 5.74) is 3.20. The zero-order valence-electron chi connectivity index (χ0n) is 24.2. The van der Waals surface area contributed by atoms with Gasteiger partial charge in [-0.3, -0.25) is 0 Å². The molecule has 4 rings (SSSR count). The predicted octanol–water partition coefficient (Wildman–Crippen LogP) is 6.82. The Morgan fingerprint density at radius 2 is 0.972 bits per heavy atom. The highest BCUT2D eigenvalue weighted by atomic mass is 28.3. The molecule has 0 unspecified atom stereocenters. The first-order valence-electron chi connectivity index (χ1n) is 13.5. The number of fused-ring (bicyclic) bond motifs is 2. The summed E-state index contributed by atoms with van der Waals surface area (Å²) in [5, 5.41) is 8.83. The van der Waals surface area contributed by atoms with E-state index in [2.05, 4.69) is 138 Å². The van der Waals surface area contributed by atoms with Gasteiger partial charge >= 0.3 is 0 Å². The fraction of sp³-hybridized carbons (Fsp3) is 0.438. The Morgan fingerprint density at radius 1 is 0.611 bits per heavy atom. The highest BCUT2D eigenvalue weighted by Crippen LogP contribution is 2.27. The van der Waals surface area contributed by atoms with Crippen molar-refractivity contribution in [2.45, 2.75) is 91.6 Å². The molecule has 0 spiro atoms. The van der Waals surface area contributed by atoms with Gasteiger partial charge in [0.25, 0.3) is 0 Å². The molecule has 0 aliphatic rings. The van der Waals surface area contributed by atoms with Crippen molar-refractivity contribution in [3.8, 4) is 0 Å². The molecule has 0 aliphatic carbocycles. The monoisotopic (exact) mass is 514 g/mol. The van der Waals surface area contributed by atoms with E-state index >= 15 is 0 Å². The highest BCUT2D eigenvalue weighted by molar-refractivity contribution is 6.90. The Kier molecular flexibility index (Phi) is 7.06. The van der Waals surface area contributed by atoms with Crippen LogP contribution < -0.4 is 20.3 Å². The van der Waals surface area contributed by atoms with E-state index in [1.54, 1.807) is 10.4 Å². The molecule has 194 valence electrons. The van der Waals surface area contributed by atoms with Crippen molar-refractivity contribution in [1.82, 2.24) is 9.96 Å². The van der Waals surface area contributed by atoms with Gasteiger partial charge in [-0.1, -0.05) is 37.0 Å². The number of hydrogen-bond acceptors (Lipinski definition) is 2. The van der Waals surface area contributed by atoms with E-state index in [0.717, 1.165) is 12.8 Å². The van der Waals surface area contributed by atoms with E-state index in [1.807, 2.05) is 0 Å². The largest absolute Gasteiger partial charge is 0.335 e. The van der Waals surface area contributed by atoms with Crippen molar-refractivity contribution in [3.63, 3.8) is 0 Å². The van der Waals surface area contributed by atoms with Gasteiger partial charge < -0.3 is 9.96 Å². The normalized spacial score (nSPS) is 13.7. The van der Waals surface area contributed by atoms with Gasteiger partial charge in [-0.05, 0) is 54.4 Å². The van der Waals surface area contributed by atoms with Crippen LogP contribution in [0.25, 0.3) is 21.5 Å². The first kappa shape index (κ1) is 27.1. The van der Waals surface area contributed by atoms with Crippen LogP contribution in [0.15, 0.2) is 60.7 Å². The quantitative estimate of drug-likeness (QED) is 0.209. The van der Waals surface area contributed by atoms with Gasteiger partial charge in [0.15, 0.2) is 0 Å². The molecule has 0 heterocycles. The molecule has 2 nitrogen and oxygen atoms in total. The van der Waals surface area contributed by atoms with Gasteiger partial charge in [0.1, 0.15) is 16.5 Å². The molecule has 0 atom stereocenters. The van der Waals surface area contributed by atoms with Crippen molar-refractivity contribution in [2.75, 3.05) is 0 Å². The Morgan fingerprint density at radius 3 is 1.31 bits per heavy atom. The molecule has 0 bridgehead atoms. The zero-order valence-corrected chi connectivity index (χ0v) is 26.2. The van der Waals surface area contributed by atoms with E-state index in [-0.39, 0.29) is 11.1 Å². The van der Waals surface area contributed by atoms with Crippen LogP contribution >= 0.6 is 0 Å². The summed E-state index contributed by atoms with van der Waals surface area (Å²) < 4.78 is 0. The van der Waals surface area contributed by atoms with E-state index < -0.39 is 16.5 Å². The van der Waals surface area contributed by atoms with Crippen LogP contribution in [0.1, 0.15) is 52.7 Å². The van der Waals surface area contributed by atoms with Gasteiger partial charge in [-0.25, -0.2) is 0 Å². The second-order valence-corrected chi connectivity index (χ2v) is 21.8. The number of benzene rings is 2. The Hall–Kier alpha value is -1.99. The summed E-state index contributed by atoms with van der Waals surface area (Å²) in [7, 11) is -3.61. The lowest BCUT2D eigenvalue weighted by atomic mass is 10.0. The van der Waals surface area contributed by atoms with Gasteiger partial charge in [0, 0.05) is 11.1 Å². The summed E-state index contributed by atoms with van der Waals surface area (Å²) in [4.78, 5) is 7.98. The minimum atomic E-state index is -1.81. The second-order valence-electron chi connectivity index (χ2n) is 13.8. The molecule has 0 amide bonds. The molecular weight excluding hydrogens is 469 g/mol. The molecule has 4 aromatic rings. The van der Waals surface area contributed by atoms with Crippen LogP contribution in [0.2, 0.25) is 26.2 Å². The lowest BCUT2D eigenvalue weighted by Crippen LogP contribution is -2.61. The number of hydrogen-bond donors (Lipinski definition) is 2. The third-order valence-corrected chi connectivity index (χ3v) is 13.4. The summed E-state index contributed by atoms with van der Waals surface area (Å²) in [6.45, 7) is 23.5. The summed E-state index contributed by atoms with van der Waals surface area (Å²) >= 11 is 0. The third-order valence-electron chi connectivity index (χ3n) is 7.15. The number of nitrogens with one attached hydrogen (secondary N) is 2. The molecule has 4 aromatic carbocycles. The van der Waals surface area contributed by atoms with Crippen molar-refractivity contribution in [2.24, 2.45) is 0 Å². The number of aryl methyl sites for hydroxylation is 2. The minimum Gasteiger partial charge on any atom is -0.335 e. The van der Waals surface area contributed by atoms with Gasteiger partial charge in [0.05, 0.1) is 0 Å². The Labute approximate surface area is 221 Å². The second kappa shape index (κ2) is 9.39. The minimum absolute atomic E-state index is 0.108. The maximum atomic E-state index is 3.99. The van der Waals surface area contributed by atoms with E-state index in [0.29, 0.717) is 0 Å². The van der Waals surface area contributed by atoms with Crippen molar-refractivity contribution < 1.29 is 0 Å². The molecule has 0 aromatic heterocycles. The summed E-state index contributed by atoms with van der Waals surface area (Å²) in [6, 6.07) is 23.2. The van der Waals surface area contributed by atoms with E-state index in [1.165, 1.54) is 32.7 Å². The Balaban J connectivity index is 1.70. The molecule has 4 heteroatoms. The zero-order chi connectivity index (χ0) is 26.5. The lowest BCUT2D eigenvalue weighted by Gasteiger charge is -2.36. The smallest absolute Gasteiger partial charge is 0.106 e. The standard InChI is InChI=1S/C32H46N2Si2/c1-31(2,3)33-35(7,8)29-21-23(25-15-11-13-17-27(25)29)19-20-24-22-30(28-18-14-12-16-26(24)28)36(9,10)34-32(4,5)6/h11-18,21-22,33-34H,19-20H2,1-10H3/q-2. The molecule has 0 fully saturated rings. The summed E-state index contributed by atoms with van der Waals surface area (Å²) in [5.74, 6) is 0. The van der Waals surface area contributed by atoms with E-state index in [4.69, 9.17) is 0 Å². The molecule has 0 aliphatic heterocycles. The van der Waals surface area contributed by atoms with Crippen LogP contribution in [-0.2, 0) is 12.8 Å². The molecular formula is C32H46N2Si2-2. The van der Waals surface area contributed by atoms with Crippen LogP contribution in [0.4, 0.5) is 0 Å². The van der Waals surface area contributed by atoms with Gasteiger partial charge in [-0.15, -0.1) is 92.9 Å². The first-order chi connectivity index (χ1) is 16.6. The van der Waals surface area contributed by atoms with Crippen LogP contribution in [0.5, 0.6) is 0 Å². The van der Waals surface area contributed by atoms with Crippen LogP contribution in [-0.4, -0.2) is 27.5 Å². The average molecular weight is 515 g/mol.